The number of halogens is 1. The molecule has 3 rings (SSSR count). The molecule has 2 aromatic carbocycles. The van der Waals surface area contributed by atoms with Crippen molar-refractivity contribution in [2.75, 3.05) is 13.2 Å². The predicted octanol–water partition coefficient (Wildman–Crippen LogP) is 4.24. The van der Waals surface area contributed by atoms with Gasteiger partial charge in [0, 0.05) is 15.7 Å². The minimum atomic E-state index is -0.186. The maximum absolute atomic E-state index is 12.6. The second-order valence-electron chi connectivity index (χ2n) is 6.19. The van der Waals surface area contributed by atoms with Crippen LogP contribution in [0.4, 0.5) is 0 Å². The van der Waals surface area contributed by atoms with Crippen molar-refractivity contribution >= 4 is 28.5 Å². The van der Waals surface area contributed by atoms with Crippen LogP contribution < -0.4 is 4.74 Å². The topological polar surface area (TPSA) is 68.5 Å². The molecule has 144 valence electrons. The van der Waals surface area contributed by atoms with Gasteiger partial charge in [0.1, 0.15) is 12.3 Å². The smallest absolute Gasteiger partial charge is 0.261 e. The van der Waals surface area contributed by atoms with E-state index < -0.39 is 0 Å². The number of benzene rings is 2. The van der Waals surface area contributed by atoms with Crippen LogP contribution in [0.5, 0.6) is 5.75 Å². The normalized spacial score (nSPS) is 10.5. The van der Waals surface area contributed by atoms with Gasteiger partial charge in [0.05, 0.1) is 0 Å². The molecule has 0 fully saturated rings. The van der Waals surface area contributed by atoms with Crippen molar-refractivity contribution in [2.45, 2.75) is 13.5 Å². The van der Waals surface area contributed by atoms with Crippen molar-refractivity contribution in [1.29, 1.82) is 0 Å². The molecular weight excluding hydrogens is 469 g/mol. The quantitative estimate of drug-likeness (QED) is 0.350. The molecule has 28 heavy (non-hydrogen) atoms. The van der Waals surface area contributed by atoms with E-state index in [0.29, 0.717) is 24.0 Å². The van der Waals surface area contributed by atoms with E-state index in [-0.39, 0.29) is 19.1 Å². The molecule has 7 heteroatoms. The first kappa shape index (κ1) is 20.1. The third-order valence-corrected chi connectivity index (χ3v) is 4.67. The molecule has 0 aliphatic rings. The van der Waals surface area contributed by atoms with Crippen LogP contribution in [0.25, 0.3) is 11.4 Å². The minimum Gasteiger partial charge on any atom is -0.484 e. The molecule has 1 heterocycles. The summed E-state index contributed by atoms with van der Waals surface area (Å²) in [6.07, 6.45) is 1.65. The highest BCUT2D eigenvalue weighted by atomic mass is 127. The summed E-state index contributed by atoms with van der Waals surface area (Å²) in [4.78, 5) is 18.5. The number of aryl methyl sites for hydroxylation is 1. The Kier molecular flexibility index (Phi) is 6.80. The fourth-order valence-corrected chi connectivity index (χ4v) is 2.92. The fraction of sp³-hybridized carbons (Fsp3) is 0.190. The number of hydrogen-bond acceptors (Lipinski definition) is 5. The molecule has 0 radical (unpaired) electrons. The van der Waals surface area contributed by atoms with E-state index in [1.165, 1.54) is 0 Å². The number of amides is 1. The van der Waals surface area contributed by atoms with Gasteiger partial charge in [-0.3, -0.25) is 4.79 Å². The van der Waals surface area contributed by atoms with Gasteiger partial charge < -0.3 is 14.2 Å². The molecule has 0 spiro atoms. The first-order valence-electron chi connectivity index (χ1n) is 8.72. The number of hydrogen-bond donors (Lipinski definition) is 0. The van der Waals surface area contributed by atoms with E-state index in [1.54, 1.807) is 11.0 Å². The Labute approximate surface area is 177 Å². The molecule has 0 bridgehead atoms. The second kappa shape index (κ2) is 9.50. The van der Waals surface area contributed by atoms with Crippen molar-refractivity contribution in [2.24, 2.45) is 0 Å². The Morgan fingerprint density at radius 1 is 1.29 bits per heavy atom. The molecule has 0 atom stereocenters. The van der Waals surface area contributed by atoms with Crippen molar-refractivity contribution < 1.29 is 14.1 Å². The van der Waals surface area contributed by atoms with Gasteiger partial charge in [-0.25, -0.2) is 0 Å². The summed E-state index contributed by atoms with van der Waals surface area (Å²) >= 11 is 2.22. The third-order valence-electron chi connectivity index (χ3n) is 3.95. The van der Waals surface area contributed by atoms with Crippen LogP contribution in [-0.4, -0.2) is 34.1 Å². The molecule has 1 aromatic heterocycles. The van der Waals surface area contributed by atoms with E-state index in [4.69, 9.17) is 9.26 Å². The molecule has 0 saturated carbocycles. The number of rotatable bonds is 8. The van der Waals surface area contributed by atoms with Gasteiger partial charge >= 0.3 is 0 Å². The maximum atomic E-state index is 12.6. The van der Waals surface area contributed by atoms with Gasteiger partial charge in [-0.15, -0.1) is 6.58 Å². The minimum absolute atomic E-state index is 0.0761. The Balaban J connectivity index is 1.64. The zero-order valence-electron chi connectivity index (χ0n) is 15.5. The van der Waals surface area contributed by atoms with Gasteiger partial charge in [-0.1, -0.05) is 35.0 Å². The number of nitrogens with zero attached hydrogens (tertiary/aromatic N) is 3. The van der Waals surface area contributed by atoms with E-state index in [1.807, 2.05) is 55.5 Å². The zero-order valence-corrected chi connectivity index (χ0v) is 17.6. The lowest BCUT2D eigenvalue weighted by molar-refractivity contribution is -0.133. The molecule has 0 saturated heterocycles. The highest BCUT2D eigenvalue weighted by Crippen LogP contribution is 2.18. The SMILES string of the molecule is C=CCN(Cc1nc(-c2cccc(C)c2)no1)C(=O)COc1ccc(I)cc1. The summed E-state index contributed by atoms with van der Waals surface area (Å²) in [5, 5.41) is 4.02. The summed E-state index contributed by atoms with van der Waals surface area (Å²) < 4.78 is 12.0. The van der Waals surface area contributed by atoms with Crippen LogP contribution in [0.3, 0.4) is 0 Å². The Hall–Kier alpha value is -2.68. The third kappa shape index (κ3) is 5.41. The Morgan fingerprint density at radius 3 is 2.79 bits per heavy atom. The fourth-order valence-electron chi connectivity index (χ4n) is 2.56. The Morgan fingerprint density at radius 2 is 2.07 bits per heavy atom. The Bertz CT molecular complexity index is 954. The first-order valence-corrected chi connectivity index (χ1v) is 9.79. The van der Waals surface area contributed by atoms with Gasteiger partial charge in [0.2, 0.25) is 11.7 Å². The average molecular weight is 489 g/mol. The first-order chi connectivity index (χ1) is 13.5. The van der Waals surface area contributed by atoms with Gasteiger partial charge in [-0.05, 0) is 59.8 Å². The highest BCUT2D eigenvalue weighted by molar-refractivity contribution is 14.1. The molecule has 0 N–H and O–H groups in total. The molecule has 1 amide bonds. The number of carbonyl (C=O) groups excluding carboxylic acids is 1. The van der Waals surface area contributed by atoms with Gasteiger partial charge in [0.25, 0.3) is 5.91 Å². The summed E-state index contributed by atoms with van der Waals surface area (Å²) in [7, 11) is 0. The van der Waals surface area contributed by atoms with E-state index in [9.17, 15) is 4.79 Å². The maximum Gasteiger partial charge on any atom is 0.261 e. The summed E-state index contributed by atoms with van der Waals surface area (Å²) in [5.74, 6) is 1.32. The predicted molar refractivity (Wildman–Crippen MR) is 115 cm³/mol. The number of aromatic nitrogens is 2. The monoisotopic (exact) mass is 489 g/mol. The van der Waals surface area contributed by atoms with Crippen LogP contribution in [0, 0.1) is 10.5 Å². The second-order valence-corrected chi connectivity index (χ2v) is 7.43. The van der Waals surface area contributed by atoms with Gasteiger partial charge in [-0.2, -0.15) is 4.98 Å². The van der Waals surface area contributed by atoms with Crippen LogP contribution in [0.1, 0.15) is 11.5 Å². The van der Waals surface area contributed by atoms with Gasteiger partial charge in [0.15, 0.2) is 6.61 Å². The average Bonchev–Trinajstić information content (AvgIpc) is 3.16. The van der Waals surface area contributed by atoms with E-state index >= 15 is 0 Å². The zero-order chi connectivity index (χ0) is 19.9. The van der Waals surface area contributed by atoms with Crippen LogP contribution >= 0.6 is 22.6 Å². The summed E-state index contributed by atoms with van der Waals surface area (Å²) in [5.41, 5.74) is 1.98. The summed E-state index contributed by atoms with van der Waals surface area (Å²) in [6, 6.07) is 15.4. The number of ether oxygens (including phenoxy) is 1. The molecule has 3 aromatic rings. The van der Waals surface area contributed by atoms with Crippen molar-refractivity contribution in [1.82, 2.24) is 15.0 Å². The lowest BCUT2D eigenvalue weighted by Gasteiger charge is -2.19. The highest BCUT2D eigenvalue weighted by Gasteiger charge is 2.18. The van der Waals surface area contributed by atoms with Crippen molar-refractivity contribution in [3.05, 3.63) is 76.2 Å². The van der Waals surface area contributed by atoms with Crippen molar-refractivity contribution in [3.63, 3.8) is 0 Å². The molecule has 0 aliphatic carbocycles. The van der Waals surface area contributed by atoms with Crippen molar-refractivity contribution in [3.8, 4) is 17.1 Å². The van der Waals surface area contributed by atoms with Crippen LogP contribution in [0.2, 0.25) is 0 Å². The molecule has 6 nitrogen and oxygen atoms in total. The standard InChI is InChI=1S/C21H20IN3O3/c1-3-11-25(20(26)14-27-18-9-7-17(22)8-10-18)13-19-23-21(24-28-19)16-6-4-5-15(2)12-16/h3-10,12H,1,11,13-14H2,2H3. The lowest BCUT2D eigenvalue weighted by Crippen LogP contribution is -2.34. The molecular formula is C21H20IN3O3. The van der Waals surface area contributed by atoms with E-state index in [0.717, 1.165) is 14.7 Å². The lowest BCUT2D eigenvalue weighted by atomic mass is 10.1. The summed E-state index contributed by atoms with van der Waals surface area (Å²) in [6.45, 7) is 6.19. The molecule has 0 unspecified atom stereocenters. The van der Waals surface area contributed by atoms with E-state index in [2.05, 4.69) is 39.3 Å². The largest absolute Gasteiger partial charge is 0.484 e. The van der Waals surface area contributed by atoms with Crippen LogP contribution in [-0.2, 0) is 11.3 Å². The number of carbonyl (C=O) groups is 1. The molecule has 0 aliphatic heterocycles. The van der Waals surface area contributed by atoms with Crippen LogP contribution in [0.15, 0.2) is 65.7 Å².